The number of carbonyl (C=O) groups excluding carboxylic acids is 2. The van der Waals surface area contributed by atoms with Crippen molar-refractivity contribution in [1.82, 2.24) is 40.5 Å². The van der Waals surface area contributed by atoms with E-state index in [0.29, 0.717) is 21.4 Å². The van der Waals surface area contributed by atoms with Crippen LogP contribution in [-0.4, -0.2) is 93.3 Å². The Labute approximate surface area is 334 Å². The first-order chi connectivity index (χ1) is 27.7. The highest BCUT2D eigenvalue weighted by atomic mass is 32.2. The Kier molecular flexibility index (Phi) is 10.6. The highest BCUT2D eigenvalue weighted by Gasteiger charge is 2.54. The maximum atomic E-state index is 13.8. The number of alkyl halides is 2. The molecule has 1 saturated heterocycles. The van der Waals surface area contributed by atoms with Gasteiger partial charge in [0.25, 0.3) is 11.8 Å². The largest absolute Gasteiger partial charge is 0.477 e. The lowest BCUT2D eigenvalue weighted by molar-refractivity contribution is -0.150. The number of anilines is 1. The van der Waals surface area contributed by atoms with Crippen molar-refractivity contribution in [2.24, 2.45) is 5.16 Å². The minimum Gasteiger partial charge on any atom is -0.477 e. The predicted molar refractivity (Wildman–Crippen MR) is 208 cm³/mol. The summed E-state index contributed by atoms with van der Waals surface area (Å²) in [6.45, 7) is -3.36. The van der Waals surface area contributed by atoms with Crippen molar-refractivity contribution in [2.45, 2.75) is 28.6 Å². The minimum absolute atomic E-state index is 0.0948. The zero-order valence-corrected chi connectivity index (χ0v) is 31.6. The molecule has 0 aliphatic carbocycles. The molecule has 20 heteroatoms. The zero-order valence-electron chi connectivity index (χ0n) is 29.2. The molecule has 6 aromatic rings. The number of thioether (sulfide) groups is 2. The van der Waals surface area contributed by atoms with Gasteiger partial charge in [0.1, 0.15) is 33.4 Å². The maximum absolute atomic E-state index is 13.8. The van der Waals surface area contributed by atoms with Crippen molar-refractivity contribution in [3.05, 3.63) is 142 Å². The number of hydrogen-bond donors (Lipinski definition) is 3. The van der Waals surface area contributed by atoms with Gasteiger partial charge in [0.15, 0.2) is 16.5 Å². The molecule has 2 aliphatic rings. The van der Waals surface area contributed by atoms with Gasteiger partial charge in [0, 0.05) is 16.9 Å². The van der Waals surface area contributed by atoms with E-state index in [1.165, 1.54) is 33.5 Å². The summed E-state index contributed by atoms with van der Waals surface area (Å²) in [5.74, 6) is -2.60. The van der Waals surface area contributed by atoms with Crippen LogP contribution >= 0.6 is 34.9 Å². The van der Waals surface area contributed by atoms with Crippen molar-refractivity contribution in [3.63, 3.8) is 0 Å². The molecule has 0 radical (unpaired) electrons. The van der Waals surface area contributed by atoms with Gasteiger partial charge < -0.3 is 20.6 Å². The van der Waals surface area contributed by atoms with Crippen LogP contribution in [0.4, 0.5) is 13.9 Å². The normalized spacial score (nSPS) is 17.0. The lowest BCUT2D eigenvalue weighted by atomic mass is 9.77. The second-order valence-electron chi connectivity index (χ2n) is 12.4. The molecular formula is C37H28F2N10O5S3. The summed E-state index contributed by atoms with van der Waals surface area (Å²) >= 11 is 3.60. The van der Waals surface area contributed by atoms with E-state index < -0.39 is 47.1 Å². The number of carboxylic acid groups (broad SMARTS) is 1. The monoisotopic (exact) mass is 826 g/mol. The number of aromatic nitrogens is 6. The van der Waals surface area contributed by atoms with Crippen molar-refractivity contribution < 1.29 is 33.1 Å². The van der Waals surface area contributed by atoms with Gasteiger partial charge in [-0.3, -0.25) is 14.5 Å². The van der Waals surface area contributed by atoms with Gasteiger partial charge in [-0.1, -0.05) is 96.2 Å². The van der Waals surface area contributed by atoms with E-state index in [0.717, 1.165) is 32.9 Å². The average molecular weight is 827 g/mol. The fraction of sp³-hybridized carbons (Fsp3) is 0.162. The molecule has 8 rings (SSSR count). The summed E-state index contributed by atoms with van der Waals surface area (Å²) in [5, 5.41) is 36.7. The molecule has 3 aromatic carbocycles. The molecule has 0 spiro atoms. The molecule has 1 unspecified atom stereocenters. The average Bonchev–Trinajstić information content (AvgIpc) is 3.91. The number of oxime groups is 1. The van der Waals surface area contributed by atoms with E-state index >= 15 is 0 Å². The molecule has 1 fully saturated rings. The van der Waals surface area contributed by atoms with Crippen LogP contribution in [0.1, 0.15) is 22.4 Å². The van der Waals surface area contributed by atoms with E-state index in [-0.39, 0.29) is 22.9 Å². The first kappa shape index (κ1) is 37.7. The van der Waals surface area contributed by atoms with Crippen molar-refractivity contribution >= 4 is 69.1 Å². The molecule has 5 heterocycles. The Hall–Kier alpha value is -6.25. The number of carbonyl (C=O) groups is 3. The number of rotatable bonds is 14. The number of thiazole rings is 1. The molecule has 2 aliphatic heterocycles. The topological polar surface area (TPSA) is 189 Å². The number of carboxylic acids is 1. The number of fused-ring (bicyclic) bond motifs is 2. The van der Waals surface area contributed by atoms with Gasteiger partial charge in [0.2, 0.25) is 0 Å². The molecule has 0 bridgehead atoms. The molecule has 0 saturated carbocycles. The number of amides is 2. The summed E-state index contributed by atoms with van der Waals surface area (Å²) in [4.78, 5) is 49.7. The van der Waals surface area contributed by atoms with Crippen LogP contribution in [0.15, 0.2) is 130 Å². The third kappa shape index (κ3) is 7.41. The minimum atomic E-state index is -3.36. The SMILES string of the molecule is O=C(O)C1=C(CSc2ccc3nnnn3n2)CS[C@@H]2C(NC(=O)/C(=N/OC(F)F)c3csc(NC(c4ccccc4)(c4ccccc4)c4ccccc4)n3)C(=O)N12. The van der Waals surface area contributed by atoms with Gasteiger partial charge in [0.05, 0.1) is 0 Å². The highest BCUT2D eigenvalue weighted by Crippen LogP contribution is 2.43. The summed E-state index contributed by atoms with van der Waals surface area (Å²) in [6.07, 6.45) is 0. The second-order valence-corrected chi connectivity index (χ2v) is 15.4. The third-order valence-electron chi connectivity index (χ3n) is 9.08. The highest BCUT2D eigenvalue weighted by molar-refractivity contribution is 8.01. The van der Waals surface area contributed by atoms with Gasteiger partial charge in [-0.05, 0) is 44.8 Å². The molecule has 3 aromatic heterocycles. The predicted octanol–water partition coefficient (Wildman–Crippen LogP) is 4.85. The van der Waals surface area contributed by atoms with Crippen LogP contribution < -0.4 is 10.6 Å². The summed E-state index contributed by atoms with van der Waals surface area (Å²) in [6, 6.07) is 31.2. The Morgan fingerprint density at radius 2 is 1.63 bits per heavy atom. The Morgan fingerprint density at radius 1 is 0.982 bits per heavy atom. The van der Waals surface area contributed by atoms with Crippen LogP contribution in [0.2, 0.25) is 0 Å². The fourth-order valence-corrected chi connectivity index (χ4v) is 9.64. The third-order valence-corrected chi connectivity index (χ3v) is 12.2. The van der Waals surface area contributed by atoms with Crippen LogP contribution in [0.25, 0.3) is 5.65 Å². The second kappa shape index (κ2) is 16.1. The van der Waals surface area contributed by atoms with E-state index in [1.54, 1.807) is 12.1 Å². The van der Waals surface area contributed by atoms with Crippen molar-refractivity contribution in [2.75, 3.05) is 16.8 Å². The lowest BCUT2D eigenvalue weighted by Gasteiger charge is -2.49. The van der Waals surface area contributed by atoms with Crippen LogP contribution in [-0.2, 0) is 24.8 Å². The van der Waals surface area contributed by atoms with Crippen LogP contribution in [0.3, 0.4) is 0 Å². The first-order valence-electron chi connectivity index (χ1n) is 17.0. The molecule has 2 atom stereocenters. The number of aliphatic carboxylic acids is 1. The van der Waals surface area contributed by atoms with E-state index in [2.05, 4.69) is 46.2 Å². The Balaban J connectivity index is 1.04. The van der Waals surface area contributed by atoms with E-state index in [1.807, 2.05) is 91.0 Å². The first-order valence-corrected chi connectivity index (χ1v) is 20.0. The number of benzene rings is 3. The molecule has 57 heavy (non-hydrogen) atoms. The molecular weight excluding hydrogens is 799 g/mol. The molecule has 2 amide bonds. The Bertz CT molecular complexity index is 2410. The van der Waals surface area contributed by atoms with Crippen LogP contribution in [0, 0.1) is 0 Å². The maximum Gasteiger partial charge on any atom is 0.407 e. The standard InChI is InChI=1S/C37H28F2N10O5S3/c38-35(39)54-45-28(25-20-57-36(40-25)42-37(22-10-4-1-5-11-22,23-12-6-2-7-13-23)24-14-8-3-9-15-24)31(50)41-29-32(51)48-30(34(52)53)21(19-56-33(29)48)18-55-27-17-16-26-43-46-47-49(26)44-27/h1-17,20,29,33,35H,18-19H2,(H,40,42)(H,41,50)(H,52,53)/b45-28+/t29?,33-/m1/s1. The van der Waals surface area contributed by atoms with E-state index in [4.69, 9.17) is 0 Å². The van der Waals surface area contributed by atoms with Gasteiger partial charge in [-0.15, -0.1) is 49.7 Å². The summed E-state index contributed by atoms with van der Waals surface area (Å²) in [7, 11) is 0. The lowest BCUT2D eigenvalue weighted by Crippen LogP contribution is -2.71. The van der Waals surface area contributed by atoms with Gasteiger partial charge in [-0.2, -0.15) is 8.78 Å². The number of hydrogen-bond acceptors (Lipinski definition) is 14. The van der Waals surface area contributed by atoms with Gasteiger partial charge in [-0.25, -0.2) is 9.78 Å². The van der Waals surface area contributed by atoms with Crippen LogP contribution in [0.5, 0.6) is 0 Å². The number of halogens is 2. The van der Waals surface area contributed by atoms with E-state index in [9.17, 15) is 28.3 Å². The van der Waals surface area contributed by atoms with Crippen molar-refractivity contribution in [1.29, 1.82) is 0 Å². The summed E-state index contributed by atoms with van der Waals surface area (Å²) in [5.41, 5.74) is 1.67. The molecule has 288 valence electrons. The number of β-lactam (4-membered cyclic amide) rings is 1. The zero-order chi connectivity index (χ0) is 39.5. The van der Waals surface area contributed by atoms with Gasteiger partial charge >= 0.3 is 12.6 Å². The molecule has 15 nitrogen and oxygen atoms in total. The number of nitrogens with one attached hydrogen (secondary N) is 2. The smallest absolute Gasteiger partial charge is 0.407 e. The quantitative estimate of drug-likeness (QED) is 0.0445. The molecule has 3 N–H and O–H groups in total. The fourth-order valence-electron chi connectivity index (χ4n) is 6.55. The van der Waals surface area contributed by atoms with Crippen molar-refractivity contribution in [3.8, 4) is 0 Å². The summed E-state index contributed by atoms with van der Waals surface area (Å²) < 4.78 is 27.9. The Morgan fingerprint density at radius 3 is 2.25 bits per heavy atom. The number of nitrogens with zero attached hydrogens (tertiary/aromatic N) is 8. The number of tetrazole rings is 1.